The van der Waals surface area contributed by atoms with Gasteiger partial charge in [0.05, 0.1) is 23.3 Å². The van der Waals surface area contributed by atoms with Crippen molar-refractivity contribution in [3.63, 3.8) is 0 Å². The number of fused-ring (bicyclic) bond motifs is 1. The Bertz CT molecular complexity index is 1200. The number of hydrogen-bond donors (Lipinski definition) is 1. The van der Waals surface area contributed by atoms with Crippen LogP contribution in [0.25, 0.3) is 10.9 Å². The molecule has 33 heavy (non-hydrogen) atoms. The minimum Gasteiger partial charge on any atom is -0.494 e. The summed E-state index contributed by atoms with van der Waals surface area (Å²) in [6.07, 6.45) is 7.82. The number of thioether (sulfide) groups is 1. The zero-order chi connectivity index (χ0) is 23.0. The molecule has 0 atom stereocenters. The number of carbonyl (C=O) groups excluding carboxylic acids is 1. The summed E-state index contributed by atoms with van der Waals surface area (Å²) < 4.78 is 7.16. The Morgan fingerprint density at radius 3 is 2.73 bits per heavy atom. The van der Waals surface area contributed by atoms with E-state index >= 15 is 0 Å². The molecule has 0 saturated carbocycles. The number of amides is 1. The van der Waals surface area contributed by atoms with Crippen LogP contribution >= 0.6 is 11.8 Å². The molecular weight excluding hydrogens is 434 g/mol. The molecule has 0 saturated heterocycles. The van der Waals surface area contributed by atoms with Gasteiger partial charge in [-0.15, -0.1) is 0 Å². The molecule has 0 fully saturated rings. The van der Waals surface area contributed by atoms with Gasteiger partial charge in [-0.05, 0) is 75.4 Å². The third-order valence-electron chi connectivity index (χ3n) is 5.65. The number of nitrogens with zero attached hydrogens (tertiary/aromatic N) is 2. The van der Waals surface area contributed by atoms with Crippen LogP contribution in [0.2, 0.25) is 0 Å². The summed E-state index contributed by atoms with van der Waals surface area (Å²) >= 11 is 1.30. The first-order valence-electron chi connectivity index (χ1n) is 11.5. The number of rotatable bonds is 9. The van der Waals surface area contributed by atoms with E-state index in [4.69, 9.17) is 9.72 Å². The predicted octanol–water partition coefficient (Wildman–Crippen LogP) is 5.42. The number of benzene rings is 2. The van der Waals surface area contributed by atoms with E-state index in [1.165, 1.54) is 30.2 Å². The van der Waals surface area contributed by atoms with E-state index in [-0.39, 0.29) is 17.2 Å². The largest absolute Gasteiger partial charge is 0.494 e. The van der Waals surface area contributed by atoms with Gasteiger partial charge in [0.2, 0.25) is 5.91 Å². The van der Waals surface area contributed by atoms with Crippen molar-refractivity contribution in [2.24, 2.45) is 0 Å². The highest BCUT2D eigenvalue weighted by Crippen LogP contribution is 2.23. The normalized spacial score (nSPS) is 13.5. The van der Waals surface area contributed by atoms with Gasteiger partial charge in [0.15, 0.2) is 5.16 Å². The zero-order valence-electron chi connectivity index (χ0n) is 18.9. The summed E-state index contributed by atoms with van der Waals surface area (Å²) in [4.78, 5) is 30.5. The number of ether oxygens (including phenoxy) is 1. The highest BCUT2D eigenvalue weighted by Gasteiger charge is 2.14. The van der Waals surface area contributed by atoms with Crippen LogP contribution < -0.4 is 15.6 Å². The van der Waals surface area contributed by atoms with E-state index in [1.54, 1.807) is 4.57 Å². The van der Waals surface area contributed by atoms with E-state index in [1.807, 2.05) is 55.5 Å². The average Bonchev–Trinajstić information content (AvgIpc) is 2.84. The van der Waals surface area contributed by atoms with Gasteiger partial charge in [-0.3, -0.25) is 14.2 Å². The maximum atomic E-state index is 13.2. The summed E-state index contributed by atoms with van der Waals surface area (Å²) in [7, 11) is 0. The first kappa shape index (κ1) is 23.1. The summed E-state index contributed by atoms with van der Waals surface area (Å²) in [5.74, 6) is 0.788. The lowest BCUT2D eigenvalue weighted by Crippen LogP contribution is -2.24. The smallest absolute Gasteiger partial charge is 0.262 e. The Balaban J connectivity index is 1.48. The fourth-order valence-electron chi connectivity index (χ4n) is 3.97. The van der Waals surface area contributed by atoms with Crippen LogP contribution in [0.1, 0.15) is 39.0 Å². The number of nitrogens with one attached hydrogen (secondary N) is 1. The molecule has 1 amide bonds. The van der Waals surface area contributed by atoms with Gasteiger partial charge in [-0.25, -0.2) is 4.98 Å². The molecule has 0 aliphatic heterocycles. The number of anilines is 1. The standard InChI is InChI=1S/C26H29N3O3S/c1-2-32-21-14-12-20(13-15-21)27-24(30)18-33-26-28-23-11-7-6-10-22(23)25(31)29(26)17-16-19-8-4-3-5-9-19/h6-8,10-15H,2-5,9,16-18H2,1H3,(H,27,30). The minimum atomic E-state index is -0.145. The summed E-state index contributed by atoms with van der Waals surface area (Å²) in [6, 6.07) is 14.7. The molecule has 3 aromatic rings. The second-order valence-electron chi connectivity index (χ2n) is 8.02. The molecule has 1 aliphatic carbocycles. The van der Waals surface area contributed by atoms with E-state index in [2.05, 4.69) is 11.4 Å². The van der Waals surface area contributed by atoms with E-state index in [0.29, 0.717) is 34.9 Å². The number of hydrogen-bond acceptors (Lipinski definition) is 5. The molecular formula is C26H29N3O3S. The van der Waals surface area contributed by atoms with Crippen molar-refractivity contribution in [3.05, 3.63) is 70.5 Å². The number of allylic oxidation sites excluding steroid dienone is 2. The molecule has 1 heterocycles. The highest BCUT2D eigenvalue weighted by molar-refractivity contribution is 7.99. The highest BCUT2D eigenvalue weighted by atomic mass is 32.2. The predicted molar refractivity (Wildman–Crippen MR) is 134 cm³/mol. The third-order valence-corrected chi connectivity index (χ3v) is 6.63. The van der Waals surface area contributed by atoms with E-state index in [0.717, 1.165) is 25.0 Å². The van der Waals surface area contributed by atoms with Gasteiger partial charge in [0.1, 0.15) is 5.75 Å². The van der Waals surface area contributed by atoms with Crippen molar-refractivity contribution in [1.82, 2.24) is 9.55 Å². The summed E-state index contributed by atoms with van der Waals surface area (Å²) in [5, 5.41) is 4.09. The van der Waals surface area contributed by atoms with Gasteiger partial charge in [-0.1, -0.05) is 35.5 Å². The van der Waals surface area contributed by atoms with Gasteiger partial charge >= 0.3 is 0 Å². The third kappa shape index (κ3) is 6.05. The van der Waals surface area contributed by atoms with Gasteiger partial charge in [-0.2, -0.15) is 0 Å². The van der Waals surface area contributed by atoms with Crippen LogP contribution in [0, 0.1) is 0 Å². The second kappa shape index (κ2) is 11.2. The van der Waals surface area contributed by atoms with Crippen LogP contribution in [0.4, 0.5) is 5.69 Å². The number of carbonyl (C=O) groups is 1. The molecule has 0 spiro atoms. The first-order valence-corrected chi connectivity index (χ1v) is 12.5. The van der Waals surface area contributed by atoms with Crippen LogP contribution in [0.5, 0.6) is 5.75 Å². The van der Waals surface area contributed by atoms with Crippen LogP contribution in [-0.2, 0) is 11.3 Å². The van der Waals surface area contributed by atoms with Gasteiger partial charge in [0, 0.05) is 12.2 Å². The van der Waals surface area contributed by atoms with Crippen molar-refractivity contribution < 1.29 is 9.53 Å². The molecule has 1 N–H and O–H groups in total. The molecule has 2 aromatic carbocycles. The Hall–Kier alpha value is -3.06. The molecule has 172 valence electrons. The molecule has 0 unspecified atom stereocenters. The van der Waals surface area contributed by atoms with Crippen molar-refractivity contribution in [2.45, 2.75) is 50.7 Å². The molecule has 1 aliphatic rings. The van der Waals surface area contributed by atoms with Gasteiger partial charge < -0.3 is 10.1 Å². The van der Waals surface area contributed by atoms with Crippen LogP contribution in [-0.4, -0.2) is 27.8 Å². The lowest BCUT2D eigenvalue weighted by Gasteiger charge is -2.16. The summed E-state index contributed by atoms with van der Waals surface area (Å²) in [5.41, 5.74) is 2.72. The molecule has 4 rings (SSSR count). The topological polar surface area (TPSA) is 73.2 Å². The monoisotopic (exact) mass is 463 g/mol. The van der Waals surface area contributed by atoms with E-state index < -0.39 is 0 Å². The fraction of sp³-hybridized carbons (Fsp3) is 0.346. The molecule has 0 bridgehead atoms. The van der Waals surface area contributed by atoms with Crippen LogP contribution in [0.15, 0.2) is 70.1 Å². The molecule has 1 aromatic heterocycles. The number of aromatic nitrogens is 2. The van der Waals surface area contributed by atoms with Crippen molar-refractivity contribution in [3.8, 4) is 5.75 Å². The Morgan fingerprint density at radius 2 is 1.97 bits per heavy atom. The van der Waals surface area contributed by atoms with Crippen molar-refractivity contribution in [2.75, 3.05) is 17.7 Å². The Morgan fingerprint density at radius 1 is 1.15 bits per heavy atom. The SMILES string of the molecule is CCOc1ccc(NC(=O)CSc2nc3ccccc3c(=O)n2CCC2=CCCCC2)cc1. The first-order chi connectivity index (χ1) is 16.1. The van der Waals surface area contributed by atoms with Gasteiger partial charge in [0.25, 0.3) is 5.56 Å². The Kier molecular flexibility index (Phi) is 7.83. The van der Waals surface area contributed by atoms with Crippen LogP contribution in [0.3, 0.4) is 0 Å². The summed E-state index contributed by atoms with van der Waals surface area (Å²) in [6.45, 7) is 3.10. The second-order valence-corrected chi connectivity index (χ2v) is 8.96. The maximum Gasteiger partial charge on any atom is 0.262 e. The lowest BCUT2D eigenvalue weighted by atomic mass is 9.97. The van der Waals surface area contributed by atoms with E-state index in [9.17, 15) is 9.59 Å². The molecule has 6 nitrogen and oxygen atoms in total. The van der Waals surface area contributed by atoms with Crippen molar-refractivity contribution >= 4 is 34.3 Å². The lowest BCUT2D eigenvalue weighted by molar-refractivity contribution is -0.113. The quantitative estimate of drug-likeness (QED) is 0.261. The van der Waals surface area contributed by atoms with Crippen molar-refractivity contribution in [1.29, 1.82) is 0 Å². The zero-order valence-corrected chi connectivity index (χ0v) is 19.7. The minimum absolute atomic E-state index is 0.0496. The number of para-hydroxylation sites is 1. The molecule has 0 radical (unpaired) electrons. The fourth-order valence-corrected chi connectivity index (χ4v) is 4.80. The maximum absolute atomic E-state index is 13.2. The molecule has 7 heteroatoms. The average molecular weight is 464 g/mol. The Labute approximate surface area is 198 Å².